The molecule has 0 aromatic carbocycles. The third-order valence-corrected chi connectivity index (χ3v) is 3.24. The second-order valence-electron chi connectivity index (χ2n) is 4.29. The zero-order valence-corrected chi connectivity index (χ0v) is 9.72. The second-order valence-corrected chi connectivity index (χ2v) is 4.29. The fourth-order valence-electron chi connectivity index (χ4n) is 2.33. The van der Waals surface area contributed by atoms with Gasteiger partial charge in [-0.1, -0.05) is 26.2 Å². The van der Waals surface area contributed by atoms with E-state index in [9.17, 15) is 0 Å². The fourth-order valence-corrected chi connectivity index (χ4v) is 2.33. The largest absolute Gasteiger partial charge is 0.380 e. The first kappa shape index (κ1) is 12.0. The lowest BCUT2D eigenvalue weighted by molar-refractivity contribution is 0.142. The normalized spacial score (nSPS) is 27.9. The molecule has 1 fully saturated rings. The highest BCUT2D eigenvalue weighted by Gasteiger charge is 2.19. The molecule has 0 spiro atoms. The number of nitrogens with one attached hydrogen (secondary N) is 1. The van der Waals surface area contributed by atoms with E-state index in [0.29, 0.717) is 0 Å². The van der Waals surface area contributed by atoms with Crippen LogP contribution in [0.2, 0.25) is 0 Å². The number of rotatable bonds is 6. The van der Waals surface area contributed by atoms with Gasteiger partial charge in [0.15, 0.2) is 0 Å². The Hall–Kier alpha value is -0.0800. The van der Waals surface area contributed by atoms with Gasteiger partial charge < -0.3 is 10.1 Å². The average Bonchev–Trinajstić information content (AvgIpc) is 2.25. The zero-order valence-electron chi connectivity index (χ0n) is 9.72. The summed E-state index contributed by atoms with van der Waals surface area (Å²) >= 11 is 0. The van der Waals surface area contributed by atoms with Crippen LogP contribution in [0.1, 0.15) is 46.0 Å². The third kappa shape index (κ3) is 4.43. The molecule has 0 aliphatic heterocycles. The summed E-state index contributed by atoms with van der Waals surface area (Å²) in [6, 6.07) is 0.758. The summed E-state index contributed by atoms with van der Waals surface area (Å²) in [6.07, 6.45) is 6.94. The van der Waals surface area contributed by atoms with Gasteiger partial charge in [-0.25, -0.2) is 0 Å². The molecule has 2 atom stereocenters. The van der Waals surface area contributed by atoms with Gasteiger partial charge >= 0.3 is 0 Å². The van der Waals surface area contributed by atoms with Crippen molar-refractivity contribution in [3.8, 4) is 0 Å². The van der Waals surface area contributed by atoms with E-state index in [-0.39, 0.29) is 0 Å². The third-order valence-electron chi connectivity index (χ3n) is 3.24. The van der Waals surface area contributed by atoms with Crippen LogP contribution in [0.3, 0.4) is 0 Å². The van der Waals surface area contributed by atoms with Crippen molar-refractivity contribution in [2.24, 2.45) is 5.92 Å². The molecule has 1 saturated carbocycles. The molecule has 0 aromatic heterocycles. The first-order chi connectivity index (χ1) is 6.86. The van der Waals surface area contributed by atoms with Gasteiger partial charge in [0.25, 0.3) is 0 Å². The van der Waals surface area contributed by atoms with Gasteiger partial charge in [0.2, 0.25) is 0 Å². The SMILES string of the molecule is CCOCCNC1CCCC(CC)C1. The van der Waals surface area contributed by atoms with E-state index in [2.05, 4.69) is 12.2 Å². The van der Waals surface area contributed by atoms with Crippen LogP contribution in [0.5, 0.6) is 0 Å². The summed E-state index contributed by atoms with van der Waals surface area (Å²) in [5, 5.41) is 3.60. The van der Waals surface area contributed by atoms with Crippen molar-refractivity contribution < 1.29 is 4.74 Å². The summed E-state index contributed by atoms with van der Waals surface area (Å²) in [7, 11) is 0. The monoisotopic (exact) mass is 199 g/mol. The Labute approximate surface area is 88.4 Å². The van der Waals surface area contributed by atoms with E-state index in [1.54, 1.807) is 0 Å². The van der Waals surface area contributed by atoms with Crippen LogP contribution in [0.4, 0.5) is 0 Å². The molecular weight excluding hydrogens is 174 g/mol. The highest BCUT2D eigenvalue weighted by Crippen LogP contribution is 2.26. The van der Waals surface area contributed by atoms with Crippen LogP contribution in [0, 0.1) is 5.92 Å². The molecule has 1 rings (SSSR count). The lowest BCUT2D eigenvalue weighted by atomic mass is 9.84. The van der Waals surface area contributed by atoms with E-state index >= 15 is 0 Å². The maximum atomic E-state index is 5.32. The Morgan fingerprint density at radius 2 is 2.14 bits per heavy atom. The van der Waals surface area contributed by atoms with E-state index in [0.717, 1.165) is 31.7 Å². The Bertz CT molecular complexity index is 138. The van der Waals surface area contributed by atoms with Crippen LogP contribution in [0.25, 0.3) is 0 Å². The summed E-state index contributed by atoms with van der Waals surface area (Å²) in [5.41, 5.74) is 0. The molecule has 0 heterocycles. The highest BCUT2D eigenvalue weighted by molar-refractivity contribution is 4.76. The molecule has 0 amide bonds. The summed E-state index contributed by atoms with van der Waals surface area (Å²) < 4.78 is 5.32. The van der Waals surface area contributed by atoms with Crippen molar-refractivity contribution in [3.63, 3.8) is 0 Å². The molecule has 2 nitrogen and oxygen atoms in total. The summed E-state index contributed by atoms with van der Waals surface area (Å²) in [5.74, 6) is 0.966. The minimum Gasteiger partial charge on any atom is -0.380 e. The molecule has 1 N–H and O–H groups in total. The Kier molecular flexibility index (Phi) is 6.20. The Morgan fingerprint density at radius 3 is 2.86 bits per heavy atom. The number of ether oxygens (including phenoxy) is 1. The quantitative estimate of drug-likeness (QED) is 0.664. The van der Waals surface area contributed by atoms with Gasteiger partial charge in [0.05, 0.1) is 6.61 Å². The molecule has 2 heteroatoms. The number of hydrogen-bond acceptors (Lipinski definition) is 2. The fraction of sp³-hybridized carbons (Fsp3) is 1.00. The van der Waals surface area contributed by atoms with Crippen molar-refractivity contribution in [1.82, 2.24) is 5.32 Å². The molecule has 0 bridgehead atoms. The lowest BCUT2D eigenvalue weighted by Crippen LogP contribution is -2.36. The van der Waals surface area contributed by atoms with Crippen LogP contribution >= 0.6 is 0 Å². The maximum absolute atomic E-state index is 5.32. The van der Waals surface area contributed by atoms with E-state index in [4.69, 9.17) is 4.74 Å². The molecule has 0 aromatic rings. The smallest absolute Gasteiger partial charge is 0.0590 e. The molecule has 2 unspecified atom stereocenters. The van der Waals surface area contributed by atoms with E-state index in [1.807, 2.05) is 6.92 Å². The predicted molar refractivity (Wildman–Crippen MR) is 60.5 cm³/mol. The summed E-state index contributed by atoms with van der Waals surface area (Å²) in [6.45, 7) is 7.09. The van der Waals surface area contributed by atoms with Crippen LogP contribution < -0.4 is 5.32 Å². The number of hydrogen-bond donors (Lipinski definition) is 1. The van der Waals surface area contributed by atoms with Crippen molar-refractivity contribution in [2.75, 3.05) is 19.8 Å². The first-order valence-electron chi connectivity index (χ1n) is 6.18. The van der Waals surface area contributed by atoms with E-state index < -0.39 is 0 Å². The van der Waals surface area contributed by atoms with Gasteiger partial charge in [-0.3, -0.25) is 0 Å². The molecule has 0 radical (unpaired) electrons. The van der Waals surface area contributed by atoms with Crippen molar-refractivity contribution in [2.45, 2.75) is 52.0 Å². The average molecular weight is 199 g/mol. The molecule has 1 aliphatic rings. The minimum absolute atomic E-state index is 0.758. The van der Waals surface area contributed by atoms with Gasteiger partial charge in [-0.2, -0.15) is 0 Å². The molecule has 84 valence electrons. The predicted octanol–water partition coefficient (Wildman–Crippen LogP) is 2.58. The van der Waals surface area contributed by atoms with Crippen LogP contribution in [0.15, 0.2) is 0 Å². The molecular formula is C12H25NO. The lowest BCUT2D eigenvalue weighted by Gasteiger charge is -2.29. The topological polar surface area (TPSA) is 21.3 Å². The molecule has 0 saturated heterocycles. The maximum Gasteiger partial charge on any atom is 0.0590 e. The Morgan fingerprint density at radius 1 is 1.29 bits per heavy atom. The first-order valence-corrected chi connectivity index (χ1v) is 6.18. The second kappa shape index (κ2) is 7.24. The van der Waals surface area contributed by atoms with E-state index in [1.165, 1.54) is 32.1 Å². The molecule has 1 aliphatic carbocycles. The van der Waals surface area contributed by atoms with Crippen LogP contribution in [-0.4, -0.2) is 25.8 Å². The van der Waals surface area contributed by atoms with Crippen LogP contribution in [-0.2, 0) is 4.74 Å². The van der Waals surface area contributed by atoms with Gasteiger partial charge in [0, 0.05) is 19.2 Å². The van der Waals surface area contributed by atoms with Gasteiger partial charge in [-0.05, 0) is 25.7 Å². The van der Waals surface area contributed by atoms with Gasteiger partial charge in [0.1, 0.15) is 0 Å². The highest BCUT2D eigenvalue weighted by atomic mass is 16.5. The molecule has 14 heavy (non-hydrogen) atoms. The standard InChI is InChI=1S/C12H25NO/c1-3-11-6-5-7-12(10-11)13-8-9-14-4-2/h11-13H,3-10H2,1-2H3. The Balaban J connectivity index is 2.05. The summed E-state index contributed by atoms with van der Waals surface area (Å²) in [4.78, 5) is 0. The van der Waals surface area contributed by atoms with Gasteiger partial charge in [-0.15, -0.1) is 0 Å². The zero-order chi connectivity index (χ0) is 10.2. The van der Waals surface area contributed by atoms with Crippen molar-refractivity contribution in [3.05, 3.63) is 0 Å². The van der Waals surface area contributed by atoms with Crippen molar-refractivity contribution in [1.29, 1.82) is 0 Å². The minimum atomic E-state index is 0.758. The van der Waals surface area contributed by atoms with Crippen molar-refractivity contribution >= 4 is 0 Å².